The van der Waals surface area contributed by atoms with Crippen molar-refractivity contribution in [2.45, 2.75) is 96.5 Å². The Hall–Kier alpha value is -1.27. The van der Waals surface area contributed by atoms with Crippen molar-refractivity contribution in [1.29, 1.82) is 0 Å². The fourth-order valence-electron chi connectivity index (χ4n) is 2.67. The first-order valence-corrected chi connectivity index (χ1v) is 9.20. The van der Waals surface area contributed by atoms with Crippen LogP contribution in [0.15, 0.2) is 11.5 Å². The van der Waals surface area contributed by atoms with Crippen LogP contribution in [0.5, 0.6) is 0 Å². The topological polar surface area (TPSA) is 107 Å². The summed E-state index contributed by atoms with van der Waals surface area (Å²) in [6, 6.07) is 0. The Bertz CT molecular complexity index is 353. The summed E-state index contributed by atoms with van der Waals surface area (Å²) in [5.74, 6) is -3.68. The Kier molecular flexibility index (Phi) is 14.5. The van der Waals surface area contributed by atoms with Gasteiger partial charge in [-0.25, -0.2) is 9.68 Å². The van der Waals surface area contributed by atoms with Crippen molar-refractivity contribution in [2.75, 3.05) is 0 Å². The summed E-state index contributed by atoms with van der Waals surface area (Å²) >= 11 is 0. The number of carboxylic acid groups (broad SMARTS) is 1. The van der Waals surface area contributed by atoms with Crippen LogP contribution in [-0.2, 0) is 9.68 Å². The number of rotatable bonds is 16. The summed E-state index contributed by atoms with van der Waals surface area (Å²) in [6.45, 7) is 2.22. The van der Waals surface area contributed by atoms with E-state index in [-0.39, 0.29) is 6.42 Å². The standard InChI is InChI=1S/C18H34O6/c1-2-3-4-5-6-7-8-9-10-11-12-13-14-15(24-23)16(19)17(20)18(21)22/h15,19-20,23H,2-14H2,1H3,(H,21,22). The molecule has 6 heteroatoms. The van der Waals surface area contributed by atoms with Crippen LogP contribution in [0.1, 0.15) is 90.4 Å². The SMILES string of the molecule is CCCCCCCCCCCCCCC(OO)C(O)=C(O)C(=O)O. The number of carboxylic acids is 1. The molecule has 0 aromatic rings. The Morgan fingerprint density at radius 2 is 1.21 bits per heavy atom. The molecule has 0 bridgehead atoms. The van der Waals surface area contributed by atoms with E-state index in [1.54, 1.807) is 0 Å². The second kappa shape index (κ2) is 15.3. The normalized spacial score (nSPS) is 13.6. The second-order valence-electron chi connectivity index (χ2n) is 6.31. The number of unbranched alkanes of at least 4 members (excludes halogenated alkanes) is 11. The summed E-state index contributed by atoms with van der Waals surface area (Å²) < 4.78 is 0. The molecule has 0 aliphatic carbocycles. The molecule has 0 spiro atoms. The lowest BCUT2D eigenvalue weighted by molar-refractivity contribution is -0.276. The molecule has 0 heterocycles. The maximum absolute atomic E-state index is 10.5. The van der Waals surface area contributed by atoms with Gasteiger partial charge in [0.15, 0.2) is 11.9 Å². The van der Waals surface area contributed by atoms with Crippen molar-refractivity contribution < 1.29 is 30.3 Å². The Morgan fingerprint density at radius 3 is 1.58 bits per heavy atom. The zero-order valence-electron chi connectivity index (χ0n) is 14.9. The van der Waals surface area contributed by atoms with Gasteiger partial charge in [0.2, 0.25) is 5.76 Å². The maximum atomic E-state index is 10.5. The summed E-state index contributed by atoms with van der Waals surface area (Å²) in [4.78, 5) is 14.6. The van der Waals surface area contributed by atoms with E-state index in [1.807, 2.05) is 0 Å². The van der Waals surface area contributed by atoms with Crippen LogP contribution >= 0.6 is 0 Å². The number of carbonyl (C=O) groups is 1. The zero-order valence-corrected chi connectivity index (χ0v) is 14.9. The molecule has 4 N–H and O–H groups in total. The lowest BCUT2D eigenvalue weighted by atomic mass is 10.0. The van der Waals surface area contributed by atoms with Gasteiger partial charge >= 0.3 is 5.97 Å². The van der Waals surface area contributed by atoms with E-state index in [0.717, 1.165) is 19.3 Å². The summed E-state index contributed by atoms with van der Waals surface area (Å²) in [5, 5.41) is 35.9. The predicted octanol–water partition coefficient (Wildman–Crippen LogP) is 5.35. The minimum atomic E-state index is -1.65. The van der Waals surface area contributed by atoms with Crippen LogP contribution in [0.3, 0.4) is 0 Å². The number of hydrogen-bond acceptors (Lipinski definition) is 5. The first-order valence-electron chi connectivity index (χ1n) is 9.20. The molecule has 0 fully saturated rings. The smallest absolute Gasteiger partial charge is 0.374 e. The Morgan fingerprint density at radius 1 is 0.792 bits per heavy atom. The van der Waals surface area contributed by atoms with Crippen molar-refractivity contribution in [1.82, 2.24) is 0 Å². The summed E-state index contributed by atoms with van der Waals surface area (Å²) in [5.41, 5.74) is 0. The van der Waals surface area contributed by atoms with Gasteiger partial charge in [-0.15, -0.1) is 0 Å². The van der Waals surface area contributed by atoms with Gasteiger partial charge in [-0.05, 0) is 6.42 Å². The van der Waals surface area contributed by atoms with Crippen molar-refractivity contribution in [3.05, 3.63) is 11.5 Å². The molecule has 24 heavy (non-hydrogen) atoms. The fraction of sp³-hybridized carbons (Fsp3) is 0.833. The molecule has 0 amide bonds. The Balaban J connectivity index is 3.61. The van der Waals surface area contributed by atoms with E-state index in [9.17, 15) is 9.90 Å². The van der Waals surface area contributed by atoms with Crippen molar-refractivity contribution in [3.8, 4) is 0 Å². The number of aliphatic hydroxyl groups is 2. The van der Waals surface area contributed by atoms with Crippen LogP contribution in [0, 0.1) is 0 Å². The highest BCUT2D eigenvalue weighted by Gasteiger charge is 2.22. The van der Waals surface area contributed by atoms with E-state index < -0.39 is 23.6 Å². The van der Waals surface area contributed by atoms with E-state index in [4.69, 9.17) is 15.5 Å². The van der Waals surface area contributed by atoms with Gasteiger partial charge in [0.05, 0.1) is 0 Å². The van der Waals surface area contributed by atoms with Crippen LogP contribution < -0.4 is 0 Å². The van der Waals surface area contributed by atoms with Gasteiger partial charge in [-0.1, -0.05) is 84.0 Å². The highest BCUT2D eigenvalue weighted by Crippen LogP contribution is 2.17. The molecule has 0 aromatic heterocycles. The monoisotopic (exact) mass is 346 g/mol. The third kappa shape index (κ3) is 11.3. The quantitative estimate of drug-likeness (QED) is 0.0986. The number of aliphatic hydroxyl groups excluding tert-OH is 2. The Labute approximate surface area is 145 Å². The zero-order chi connectivity index (χ0) is 18.2. The first-order chi connectivity index (χ1) is 11.5. The van der Waals surface area contributed by atoms with Gasteiger partial charge in [0, 0.05) is 0 Å². The van der Waals surface area contributed by atoms with Crippen molar-refractivity contribution in [2.24, 2.45) is 0 Å². The van der Waals surface area contributed by atoms with Gasteiger partial charge in [-0.2, -0.15) is 0 Å². The van der Waals surface area contributed by atoms with E-state index in [2.05, 4.69) is 11.8 Å². The maximum Gasteiger partial charge on any atom is 0.374 e. The number of hydrogen-bond donors (Lipinski definition) is 4. The summed E-state index contributed by atoms with van der Waals surface area (Å²) in [7, 11) is 0. The van der Waals surface area contributed by atoms with Gasteiger partial charge in [0.25, 0.3) is 0 Å². The molecule has 0 saturated heterocycles. The third-order valence-corrected chi connectivity index (χ3v) is 4.20. The lowest BCUT2D eigenvalue weighted by Gasteiger charge is -2.12. The molecule has 0 saturated carbocycles. The minimum Gasteiger partial charge on any atom is -0.506 e. The van der Waals surface area contributed by atoms with Gasteiger partial charge < -0.3 is 15.3 Å². The van der Waals surface area contributed by atoms with Gasteiger partial charge in [0.1, 0.15) is 0 Å². The van der Waals surface area contributed by atoms with Gasteiger partial charge in [-0.3, -0.25) is 5.26 Å². The van der Waals surface area contributed by atoms with Crippen LogP contribution in [0.2, 0.25) is 0 Å². The molecule has 0 aliphatic rings. The first kappa shape index (κ1) is 22.7. The molecular weight excluding hydrogens is 312 g/mol. The summed E-state index contributed by atoms with van der Waals surface area (Å²) in [6.07, 6.45) is 13.3. The second-order valence-corrected chi connectivity index (χ2v) is 6.31. The van der Waals surface area contributed by atoms with E-state index in [0.29, 0.717) is 6.42 Å². The predicted molar refractivity (Wildman–Crippen MR) is 93.1 cm³/mol. The molecule has 1 unspecified atom stereocenters. The van der Waals surface area contributed by atoms with Crippen molar-refractivity contribution >= 4 is 5.97 Å². The molecule has 1 atom stereocenters. The molecule has 6 nitrogen and oxygen atoms in total. The van der Waals surface area contributed by atoms with Crippen LogP contribution in [-0.4, -0.2) is 32.7 Å². The average Bonchev–Trinajstić information content (AvgIpc) is 2.57. The molecular formula is C18H34O6. The third-order valence-electron chi connectivity index (χ3n) is 4.20. The molecule has 142 valence electrons. The molecule has 0 radical (unpaired) electrons. The lowest BCUT2D eigenvalue weighted by Crippen LogP contribution is -2.18. The van der Waals surface area contributed by atoms with Crippen LogP contribution in [0.25, 0.3) is 0 Å². The van der Waals surface area contributed by atoms with Crippen molar-refractivity contribution in [3.63, 3.8) is 0 Å². The molecule has 0 aliphatic heterocycles. The highest BCUT2D eigenvalue weighted by molar-refractivity contribution is 5.84. The highest BCUT2D eigenvalue weighted by atomic mass is 17.1. The molecule has 0 rings (SSSR count). The average molecular weight is 346 g/mol. The van der Waals surface area contributed by atoms with E-state index in [1.165, 1.54) is 51.4 Å². The molecule has 0 aromatic carbocycles. The largest absolute Gasteiger partial charge is 0.506 e. The number of aliphatic carboxylic acids is 1. The van der Waals surface area contributed by atoms with E-state index >= 15 is 0 Å². The fourth-order valence-corrected chi connectivity index (χ4v) is 2.67. The minimum absolute atomic E-state index is 0.261. The van der Waals surface area contributed by atoms with Crippen LogP contribution in [0.4, 0.5) is 0 Å².